The van der Waals surface area contributed by atoms with Gasteiger partial charge in [-0.15, -0.1) is 0 Å². The molecule has 0 N–H and O–H groups in total. The van der Waals surface area contributed by atoms with E-state index in [2.05, 4.69) is 33.1 Å². The van der Waals surface area contributed by atoms with Gasteiger partial charge in [0, 0.05) is 54.7 Å². The van der Waals surface area contributed by atoms with Crippen molar-refractivity contribution in [2.75, 3.05) is 18.6 Å². The summed E-state index contributed by atoms with van der Waals surface area (Å²) >= 11 is 0. The van der Waals surface area contributed by atoms with E-state index in [4.69, 9.17) is 9.47 Å². The summed E-state index contributed by atoms with van der Waals surface area (Å²) in [5, 5.41) is 0. The van der Waals surface area contributed by atoms with E-state index in [0.29, 0.717) is 24.7 Å². The van der Waals surface area contributed by atoms with Crippen LogP contribution in [0.4, 0.5) is 11.4 Å². The van der Waals surface area contributed by atoms with Crippen molar-refractivity contribution in [3.8, 4) is 11.5 Å². The molecule has 2 aromatic heterocycles. The summed E-state index contributed by atoms with van der Waals surface area (Å²) in [7, 11) is 1.66. The monoisotopic (exact) mass is 411 g/mol. The van der Waals surface area contributed by atoms with Crippen LogP contribution in [0.3, 0.4) is 0 Å². The molecular weight excluding hydrogens is 386 g/mol. The Kier molecular flexibility index (Phi) is 6.75. The molecule has 0 unspecified atom stereocenters. The second kappa shape index (κ2) is 10.3. The first kappa shape index (κ1) is 20.4. The third kappa shape index (κ3) is 5.39. The smallest absolute Gasteiger partial charge is 0.163 e. The number of para-hydroxylation sites is 1. The molecule has 0 aliphatic heterocycles. The fourth-order valence-electron chi connectivity index (χ4n) is 3.37. The van der Waals surface area contributed by atoms with Crippen LogP contribution in [-0.2, 0) is 13.0 Å². The molecule has 4 aromatic rings. The zero-order valence-corrected chi connectivity index (χ0v) is 17.5. The van der Waals surface area contributed by atoms with Crippen molar-refractivity contribution in [2.24, 2.45) is 0 Å². The molecule has 156 valence electrons. The molecule has 2 heterocycles. The van der Waals surface area contributed by atoms with Gasteiger partial charge in [-0.05, 0) is 48.0 Å². The van der Waals surface area contributed by atoms with Crippen LogP contribution in [-0.4, -0.2) is 23.7 Å². The lowest BCUT2D eigenvalue weighted by Crippen LogP contribution is -2.16. The summed E-state index contributed by atoms with van der Waals surface area (Å²) in [6.07, 6.45) is 6.21. The van der Waals surface area contributed by atoms with Crippen LogP contribution in [0.1, 0.15) is 11.3 Å². The van der Waals surface area contributed by atoms with E-state index in [-0.39, 0.29) is 0 Å². The van der Waals surface area contributed by atoms with Gasteiger partial charge in [-0.25, -0.2) is 0 Å². The standard InChI is InChI=1S/C26H25N3O2/c1-30-25-13-12-24(18-26(25)31-17-14-22-9-5-6-16-28-22)29(23-10-3-2-4-11-23)20-21-8-7-15-27-19-21/h2-13,15-16,18-19H,14,17,20H2,1H3. The number of ether oxygens (including phenoxy) is 2. The second-order valence-electron chi connectivity index (χ2n) is 7.04. The van der Waals surface area contributed by atoms with Crippen LogP contribution >= 0.6 is 0 Å². The first-order valence-corrected chi connectivity index (χ1v) is 10.3. The molecule has 5 nitrogen and oxygen atoms in total. The molecule has 0 atom stereocenters. The van der Waals surface area contributed by atoms with E-state index >= 15 is 0 Å². The average Bonchev–Trinajstić information content (AvgIpc) is 2.84. The fourth-order valence-corrected chi connectivity index (χ4v) is 3.37. The number of nitrogens with zero attached hydrogens (tertiary/aromatic N) is 3. The van der Waals surface area contributed by atoms with E-state index in [0.717, 1.165) is 29.1 Å². The van der Waals surface area contributed by atoms with Crippen molar-refractivity contribution in [1.82, 2.24) is 9.97 Å². The van der Waals surface area contributed by atoms with Crippen LogP contribution < -0.4 is 14.4 Å². The molecular formula is C26H25N3O2. The molecule has 0 aliphatic rings. The summed E-state index contributed by atoms with van der Waals surface area (Å²) in [5.74, 6) is 1.42. The van der Waals surface area contributed by atoms with Crippen molar-refractivity contribution < 1.29 is 9.47 Å². The van der Waals surface area contributed by atoms with E-state index in [1.54, 1.807) is 19.5 Å². The number of hydrogen-bond acceptors (Lipinski definition) is 5. The van der Waals surface area contributed by atoms with Gasteiger partial charge in [0.1, 0.15) is 0 Å². The normalized spacial score (nSPS) is 10.5. The molecule has 0 radical (unpaired) electrons. The van der Waals surface area contributed by atoms with Crippen LogP contribution in [0.15, 0.2) is 97.5 Å². The fraction of sp³-hybridized carbons (Fsp3) is 0.154. The predicted molar refractivity (Wildman–Crippen MR) is 123 cm³/mol. The average molecular weight is 412 g/mol. The van der Waals surface area contributed by atoms with Crippen LogP contribution in [0, 0.1) is 0 Å². The van der Waals surface area contributed by atoms with Gasteiger partial charge in [-0.3, -0.25) is 9.97 Å². The van der Waals surface area contributed by atoms with E-state index in [9.17, 15) is 0 Å². The highest BCUT2D eigenvalue weighted by molar-refractivity contribution is 5.66. The van der Waals surface area contributed by atoms with Crippen molar-refractivity contribution in [3.63, 3.8) is 0 Å². The Morgan fingerprint density at radius 1 is 0.806 bits per heavy atom. The van der Waals surface area contributed by atoms with Crippen molar-refractivity contribution in [3.05, 3.63) is 109 Å². The summed E-state index contributed by atoms with van der Waals surface area (Å²) in [6.45, 7) is 1.21. The van der Waals surface area contributed by atoms with Gasteiger partial charge in [0.25, 0.3) is 0 Å². The maximum atomic E-state index is 6.10. The van der Waals surface area contributed by atoms with Crippen LogP contribution in [0.25, 0.3) is 0 Å². The van der Waals surface area contributed by atoms with Gasteiger partial charge in [0.2, 0.25) is 0 Å². The molecule has 2 aromatic carbocycles. The molecule has 0 spiro atoms. The van der Waals surface area contributed by atoms with E-state index < -0.39 is 0 Å². The summed E-state index contributed by atoms with van der Waals surface area (Å²) < 4.78 is 11.6. The molecule has 0 amide bonds. The third-order valence-electron chi connectivity index (χ3n) is 4.93. The Bertz CT molecular complexity index is 1070. The lowest BCUT2D eigenvalue weighted by atomic mass is 10.2. The highest BCUT2D eigenvalue weighted by Crippen LogP contribution is 2.35. The van der Waals surface area contributed by atoms with Gasteiger partial charge < -0.3 is 14.4 Å². The first-order chi connectivity index (χ1) is 15.3. The van der Waals surface area contributed by atoms with Gasteiger partial charge in [0.15, 0.2) is 11.5 Å². The minimum atomic E-state index is 0.519. The van der Waals surface area contributed by atoms with Crippen LogP contribution in [0.2, 0.25) is 0 Å². The Labute approximate surface area is 182 Å². The molecule has 0 saturated heterocycles. The lowest BCUT2D eigenvalue weighted by Gasteiger charge is -2.26. The maximum Gasteiger partial charge on any atom is 0.163 e. The van der Waals surface area contributed by atoms with Crippen molar-refractivity contribution in [2.45, 2.75) is 13.0 Å². The summed E-state index contributed by atoms with van der Waals surface area (Å²) in [5.41, 5.74) is 4.24. The quantitative estimate of drug-likeness (QED) is 0.367. The largest absolute Gasteiger partial charge is 0.493 e. The Hall–Kier alpha value is -3.86. The number of aromatic nitrogens is 2. The lowest BCUT2D eigenvalue weighted by molar-refractivity contribution is 0.297. The molecule has 0 aliphatic carbocycles. The molecule has 0 fully saturated rings. The minimum Gasteiger partial charge on any atom is -0.493 e. The molecule has 0 bridgehead atoms. The zero-order valence-electron chi connectivity index (χ0n) is 17.5. The zero-order chi connectivity index (χ0) is 21.3. The topological polar surface area (TPSA) is 47.5 Å². The van der Waals surface area contributed by atoms with Gasteiger partial charge in [-0.2, -0.15) is 0 Å². The highest BCUT2D eigenvalue weighted by atomic mass is 16.5. The molecule has 31 heavy (non-hydrogen) atoms. The third-order valence-corrected chi connectivity index (χ3v) is 4.93. The number of pyridine rings is 2. The summed E-state index contributed by atoms with van der Waals surface area (Å²) in [6, 6.07) is 26.3. The van der Waals surface area contributed by atoms with Gasteiger partial charge in [-0.1, -0.05) is 30.3 Å². The maximum absolute atomic E-state index is 6.10. The number of benzene rings is 2. The van der Waals surface area contributed by atoms with Gasteiger partial charge in [0.05, 0.1) is 13.7 Å². The Balaban J connectivity index is 1.59. The van der Waals surface area contributed by atoms with E-state index in [1.807, 2.05) is 66.9 Å². The molecule has 4 rings (SSSR count). The molecule has 0 saturated carbocycles. The highest BCUT2D eigenvalue weighted by Gasteiger charge is 2.14. The number of hydrogen-bond donors (Lipinski definition) is 0. The summed E-state index contributed by atoms with van der Waals surface area (Å²) in [4.78, 5) is 10.9. The van der Waals surface area contributed by atoms with Gasteiger partial charge >= 0.3 is 0 Å². The number of anilines is 2. The Morgan fingerprint density at radius 3 is 2.42 bits per heavy atom. The SMILES string of the molecule is COc1ccc(N(Cc2cccnc2)c2ccccc2)cc1OCCc1ccccn1. The van der Waals surface area contributed by atoms with Crippen molar-refractivity contribution in [1.29, 1.82) is 0 Å². The predicted octanol–water partition coefficient (Wildman–Crippen LogP) is 5.45. The number of methoxy groups -OCH3 is 1. The second-order valence-corrected chi connectivity index (χ2v) is 7.04. The Morgan fingerprint density at radius 2 is 1.68 bits per heavy atom. The van der Waals surface area contributed by atoms with Crippen LogP contribution in [0.5, 0.6) is 11.5 Å². The first-order valence-electron chi connectivity index (χ1n) is 10.3. The van der Waals surface area contributed by atoms with E-state index in [1.165, 1.54) is 0 Å². The molecule has 5 heteroatoms. The number of rotatable bonds is 9. The van der Waals surface area contributed by atoms with Crippen molar-refractivity contribution >= 4 is 11.4 Å². The minimum absolute atomic E-state index is 0.519.